The van der Waals surface area contributed by atoms with Gasteiger partial charge in [0.25, 0.3) is 0 Å². The average molecular weight is 342 g/mol. The van der Waals surface area contributed by atoms with E-state index in [-0.39, 0.29) is 6.04 Å². The molecular formula is C18H22N4OS. The van der Waals surface area contributed by atoms with Crippen LogP contribution in [0.2, 0.25) is 0 Å². The van der Waals surface area contributed by atoms with Crippen LogP contribution in [-0.4, -0.2) is 36.4 Å². The molecule has 1 unspecified atom stereocenters. The van der Waals surface area contributed by atoms with Gasteiger partial charge in [0.1, 0.15) is 0 Å². The lowest BCUT2D eigenvalue weighted by Crippen LogP contribution is -2.36. The molecule has 1 aromatic heterocycles. The fourth-order valence-electron chi connectivity index (χ4n) is 2.68. The van der Waals surface area contributed by atoms with Crippen molar-refractivity contribution in [2.45, 2.75) is 13.0 Å². The zero-order valence-corrected chi connectivity index (χ0v) is 14.6. The van der Waals surface area contributed by atoms with E-state index >= 15 is 0 Å². The van der Waals surface area contributed by atoms with Gasteiger partial charge in [0.15, 0.2) is 5.11 Å². The van der Waals surface area contributed by atoms with Crippen LogP contribution in [0, 0.1) is 0 Å². The Morgan fingerprint density at radius 3 is 2.62 bits per heavy atom. The number of anilines is 2. The Balaban J connectivity index is 1.56. The molecule has 1 atom stereocenters. The standard InChI is InChI=1S/C18H22N4OS/c1-14(20-18(24)21-16-3-2-8-19-13-16)15-4-6-17(7-5-15)22-9-11-23-12-10-22/h2-8,13-14H,9-12H2,1H3,(H2,20,21,24). The molecule has 0 bridgehead atoms. The molecule has 0 spiro atoms. The van der Waals surface area contributed by atoms with Crippen LogP contribution in [0.15, 0.2) is 48.8 Å². The highest BCUT2D eigenvalue weighted by Gasteiger charge is 2.12. The van der Waals surface area contributed by atoms with Crippen molar-refractivity contribution in [3.63, 3.8) is 0 Å². The van der Waals surface area contributed by atoms with E-state index < -0.39 is 0 Å². The predicted octanol–water partition coefficient (Wildman–Crippen LogP) is 2.97. The fraction of sp³-hybridized carbons (Fsp3) is 0.333. The maximum atomic E-state index is 5.40. The molecule has 126 valence electrons. The minimum absolute atomic E-state index is 0.125. The summed E-state index contributed by atoms with van der Waals surface area (Å²) in [4.78, 5) is 6.41. The van der Waals surface area contributed by atoms with E-state index in [4.69, 9.17) is 17.0 Å². The summed E-state index contributed by atoms with van der Waals surface area (Å²) in [7, 11) is 0. The lowest BCUT2D eigenvalue weighted by atomic mass is 10.1. The van der Waals surface area contributed by atoms with E-state index in [2.05, 4.69) is 51.7 Å². The Morgan fingerprint density at radius 2 is 1.96 bits per heavy atom. The summed E-state index contributed by atoms with van der Waals surface area (Å²) in [6.45, 7) is 5.60. The number of aromatic nitrogens is 1. The Labute approximate surface area is 148 Å². The van der Waals surface area contributed by atoms with Crippen LogP contribution in [0.25, 0.3) is 0 Å². The normalized spacial score (nSPS) is 15.6. The van der Waals surface area contributed by atoms with Crippen LogP contribution >= 0.6 is 12.2 Å². The highest BCUT2D eigenvalue weighted by Crippen LogP contribution is 2.20. The zero-order chi connectivity index (χ0) is 16.8. The lowest BCUT2D eigenvalue weighted by Gasteiger charge is -2.29. The summed E-state index contributed by atoms with van der Waals surface area (Å²) in [5, 5.41) is 7.03. The summed E-state index contributed by atoms with van der Waals surface area (Å²) in [6, 6.07) is 12.6. The van der Waals surface area contributed by atoms with Gasteiger partial charge in [-0.05, 0) is 49.0 Å². The van der Waals surface area contributed by atoms with Gasteiger partial charge < -0.3 is 20.3 Å². The molecule has 24 heavy (non-hydrogen) atoms. The third-order valence-corrected chi connectivity index (χ3v) is 4.26. The van der Waals surface area contributed by atoms with Gasteiger partial charge in [-0.15, -0.1) is 0 Å². The molecule has 2 aromatic rings. The van der Waals surface area contributed by atoms with Gasteiger partial charge in [-0.3, -0.25) is 4.98 Å². The Bertz CT molecular complexity index is 656. The monoisotopic (exact) mass is 342 g/mol. The van der Waals surface area contributed by atoms with Gasteiger partial charge in [0.05, 0.1) is 31.1 Å². The molecule has 2 heterocycles. The van der Waals surface area contributed by atoms with Gasteiger partial charge in [0.2, 0.25) is 0 Å². The summed E-state index contributed by atoms with van der Waals surface area (Å²) in [5.41, 5.74) is 3.32. The van der Waals surface area contributed by atoms with Crippen LogP contribution in [0.3, 0.4) is 0 Å². The second-order valence-electron chi connectivity index (χ2n) is 5.75. The number of thiocarbonyl (C=S) groups is 1. The largest absolute Gasteiger partial charge is 0.378 e. The van der Waals surface area contributed by atoms with Gasteiger partial charge in [-0.25, -0.2) is 0 Å². The number of nitrogens with zero attached hydrogens (tertiary/aromatic N) is 2. The van der Waals surface area contributed by atoms with Crippen molar-refractivity contribution in [2.75, 3.05) is 36.5 Å². The van der Waals surface area contributed by atoms with Crippen LogP contribution in [-0.2, 0) is 4.74 Å². The maximum Gasteiger partial charge on any atom is 0.171 e. The second-order valence-corrected chi connectivity index (χ2v) is 6.16. The number of benzene rings is 1. The van der Waals surface area contributed by atoms with E-state index in [1.165, 1.54) is 11.3 Å². The Kier molecular flexibility index (Phi) is 5.61. The number of nitrogens with one attached hydrogen (secondary N) is 2. The SMILES string of the molecule is CC(NC(=S)Nc1cccnc1)c1ccc(N2CCOCC2)cc1. The second kappa shape index (κ2) is 8.08. The van der Waals surface area contributed by atoms with E-state index in [1.807, 2.05) is 12.1 Å². The molecule has 0 saturated carbocycles. The third kappa shape index (κ3) is 4.43. The molecule has 5 nitrogen and oxygen atoms in total. The number of rotatable bonds is 4. The molecule has 0 radical (unpaired) electrons. The van der Waals surface area contributed by atoms with Crippen molar-refractivity contribution in [1.29, 1.82) is 0 Å². The maximum absolute atomic E-state index is 5.40. The highest BCUT2D eigenvalue weighted by molar-refractivity contribution is 7.80. The number of hydrogen-bond donors (Lipinski definition) is 2. The van der Waals surface area contributed by atoms with Crippen molar-refractivity contribution < 1.29 is 4.74 Å². The van der Waals surface area contributed by atoms with E-state index in [9.17, 15) is 0 Å². The molecular weight excluding hydrogens is 320 g/mol. The highest BCUT2D eigenvalue weighted by atomic mass is 32.1. The molecule has 1 aromatic carbocycles. The average Bonchev–Trinajstić information content (AvgIpc) is 2.63. The van der Waals surface area contributed by atoms with Crippen LogP contribution in [0.4, 0.5) is 11.4 Å². The van der Waals surface area contributed by atoms with Crippen molar-refractivity contribution in [3.05, 3.63) is 54.4 Å². The molecule has 6 heteroatoms. The smallest absolute Gasteiger partial charge is 0.171 e. The Hall–Kier alpha value is -2.18. The number of pyridine rings is 1. The number of morpholine rings is 1. The first-order valence-corrected chi connectivity index (χ1v) is 8.53. The summed E-state index contributed by atoms with van der Waals surface area (Å²) in [5.74, 6) is 0. The van der Waals surface area contributed by atoms with Crippen LogP contribution in [0.5, 0.6) is 0 Å². The van der Waals surface area contributed by atoms with Gasteiger partial charge in [-0.2, -0.15) is 0 Å². The Morgan fingerprint density at radius 1 is 1.21 bits per heavy atom. The number of ether oxygens (including phenoxy) is 1. The summed E-state index contributed by atoms with van der Waals surface area (Å²) in [6.07, 6.45) is 3.48. The van der Waals surface area contributed by atoms with E-state index in [0.717, 1.165) is 32.0 Å². The molecule has 1 aliphatic rings. The van der Waals surface area contributed by atoms with Crippen molar-refractivity contribution in [3.8, 4) is 0 Å². The molecule has 3 rings (SSSR count). The zero-order valence-electron chi connectivity index (χ0n) is 13.7. The summed E-state index contributed by atoms with van der Waals surface area (Å²) >= 11 is 5.37. The van der Waals surface area contributed by atoms with Gasteiger partial charge in [-0.1, -0.05) is 12.1 Å². The van der Waals surface area contributed by atoms with Crippen LogP contribution < -0.4 is 15.5 Å². The summed E-state index contributed by atoms with van der Waals surface area (Å²) < 4.78 is 5.40. The third-order valence-electron chi connectivity index (χ3n) is 4.04. The molecule has 0 aliphatic carbocycles. The van der Waals surface area contributed by atoms with Gasteiger partial charge >= 0.3 is 0 Å². The molecule has 1 aliphatic heterocycles. The minimum Gasteiger partial charge on any atom is -0.378 e. The first-order valence-electron chi connectivity index (χ1n) is 8.12. The molecule has 0 amide bonds. The fourth-order valence-corrected chi connectivity index (χ4v) is 2.97. The van der Waals surface area contributed by atoms with Crippen LogP contribution in [0.1, 0.15) is 18.5 Å². The molecule has 2 N–H and O–H groups in total. The first-order chi connectivity index (χ1) is 11.7. The molecule has 1 fully saturated rings. The molecule has 1 saturated heterocycles. The van der Waals surface area contributed by atoms with Gasteiger partial charge in [0, 0.05) is 25.0 Å². The topological polar surface area (TPSA) is 49.4 Å². The van der Waals surface area contributed by atoms with E-state index in [1.54, 1.807) is 12.4 Å². The van der Waals surface area contributed by atoms with Crippen molar-refractivity contribution in [1.82, 2.24) is 10.3 Å². The number of hydrogen-bond acceptors (Lipinski definition) is 4. The first kappa shape index (κ1) is 16.7. The predicted molar refractivity (Wildman–Crippen MR) is 101 cm³/mol. The quantitative estimate of drug-likeness (QED) is 0.833. The van der Waals surface area contributed by atoms with Crippen molar-refractivity contribution in [2.24, 2.45) is 0 Å². The lowest BCUT2D eigenvalue weighted by molar-refractivity contribution is 0.122. The minimum atomic E-state index is 0.125. The van der Waals surface area contributed by atoms with Crippen molar-refractivity contribution >= 4 is 28.7 Å². The van der Waals surface area contributed by atoms with E-state index in [0.29, 0.717) is 5.11 Å².